The summed E-state index contributed by atoms with van der Waals surface area (Å²) >= 11 is 1.33. The van der Waals surface area contributed by atoms with E-state index in [-0.39, 0.29) is 24.9 Å². The van der Waals surface area contributed by atoms with Gasteiger partial charge in [0.05, 0.1) is 17.9 Å². The van der Waals surface area contributed by atoms with E-state index in [1.165, 1.54) is 15.6 Å². The summed E-state index contributed by atoms with van der Waals surface area (Å²) in [6, 6.07) is 3.71. The molecule has 0 spiro atoms. The van der Waals surface area contributed by atoms with Crippen molar-refractivity contribution >= 4 is 32.4 Å². The smallest absolute Gasteiger partial charge is 0.231 e. The minimum Gasteiger partial charge on any atom is -0.302 e. The van der Waals surface area contributed by atoms with Crippen molar-refractivity contribution in [1.82, 2.24) is 14.3 Å². The minimum absolute atomic E-state index is 0.202. The van der Waals surface area contributed by atoms with Crippen molar-refractivity contribution in [3.8, 4) is 11.3 Å². The maximum atomic E-state index is 12.0. The molecule has 1 aliphatic rings. The second-order valence-corrected chi connectivity index (χ2v) is 7.89. The SMILES string of the molecule is CS(=O)(=O)N1CC(C(=O)Nc2nc(-c3cccnc3)cs2)C1. The number of aromatic nitrogens is 2. The van der Waals surface area contributed by atoms with Gasteiger partial charge in [0.2, 0.25) is 15.9 Å². The average molecular weight is 338 g/mol. The number of hydrogen-bond acceptors (Lipinski definition) is 6. The zero-order valence-corrected chi connectivity index (χ0v) is 13.4. The van der Waals surface area contributed by atoms with Gasteiger partial charge in [-0.15, -0.1) is 11.3 Å². The van der Waals surface area contributed by atoms with Gasteiger partial charge in [-0.05, 0) is 12.1 Å². The fraction of sp³-hybridized carbons (Fsp3) is 0.308. The van der Waals surface area contributed by atoms with Gasteiger partial charge < -0.3 is 5.32 Å². The Hall–Kier alpha value is -1.84. The van der Waals surface area contributed by atoms with Crippen LogP contribution in [0.25, 0.3) is 11.3 Å². The second kappa shape index (κ2) is 5.75. The normalized spacial score (nSPS) is 16.2. The monoisotopic (exact) mass is 338 g/mol. The topological polar surface area (TPSA) is 92.3 Å². The molecule has 1 N–H and O–H groups in total. The zero-order chi connectivity index (χ0) is 15.7. The van der Waals surface area contributed by atoms with Crippen LogP contribution in [0.15, 0.2) is 29.9 Å². The van der Waals surface area contributed by atoms with E-state index in [9.17, 15) is 13.2 Å². The number of carbonyl (C=O) groups excluding carboxylic acids is 1. The summed E-state index contributed by atoms with van der Waals surface area (Å²) < 4.78 is 23.8. The van der Waals surface area contributed by atoms with Crippen molar-refractivity contribution in [3.63, 3.8) is 0 Å². The number of thiazole rings is 1. The van der Waals surface area contributed by atoms with E-state index in [0.29, 0.717) is 5.13 Å². The van der Waals surface area contributed by atoms with Crippen molar-refractivity contribution in [2.45, 2.75) is 0 Å². The van der Waals surface area contributed by atoms with Crippen LogP contribution in [0.5, 0.6) is 0 Å². The first-order chi connectivity index (χ1) is 10.4. The molecule has 1 fully saturated rings. The third-order valence-electron chi connectivity index (χ3n) is 3.38. The molecule has 0 bridgehead atoms. The Balaban J connectivity index is 1.61. The molecule has 1 amide bonds. The molecule has 0 aromatic carbocycles. The van der Waals surface area contributed by atoms with Crippen LogP contribution in [0.4, 0.5) is 5.13 Å². The van der Waals surface area contributed by atoms with Crippen LogP contribution in [0.1, 0.15) is 0 Å². The van der Waals surface area contributed by atoms with Crippen LogP contribution in [0, 0.1) is 5.92 Å². The van der Waals surface area contributed by atoms with Crippen molar-refractivity contribution in [1.29, 1.82) is 0 Å². The number of pyridine rings is 1. The number of hydrogen-bond donors (Lipinski definition) is 1. The first-order valence-electron chi connectivity index (χ1n) is 6.55. The highest BCUT2D eigenvalue weighted by molar-refractivity contribution is 7.88. The Bertz CT molecular complexity index is 783. The van der Waals surface area contributed by atoms with E-state index < -0.39 is 10.0 Å². The van der Waals surface area contributed by atoms with Gasteiger partial charge in [-0.25, -0.2) is 17.7 Å². The Morgan fingerprint density at radius 1 is 1.45 bits per heavy atom. The van der Waals surface area contributed by atoms with Crippen LogP contribution < -0.4 is 5.32 Å². The maximum Gasteiger partial charge on any atom is 0.231 e. The largest absolute Gasteiger partial charge is 0.302 e. The molecule has 9 heteroatoms. The molecule has 2 aromatic heterocycles. The predicted molar refractivity (Wildman–Crippen MR) is 83.9 cm³/mol. The van der Waals surface area contributed by atoms with Gasteiger partial charge in [0, 0.05) is 36.4 Å². The highest BCUT2D eigenvalue weighted by Gasteiger charge is 2.37. The van der Waals surface area contributed by atoms with Gasteiger partial charge in [-0.1, -0.05) is 0 Å². The summed E-state index contributed by atoms with van der Waals surface area (Å²) in [7, 11) is -3.20. The van der Waals surface area contributed by atoms with Gasteiger partial charge in [0.1, 0.15) is 0 Å². The minimum atomic E-state index is -3.20. The van der Waals surface area contributed by atoms with E-state index in [1.807, 2.05) is 17.5 Å². The van der Waals surface area contributed by atoms with Gasteiger partial charge in [0.15, 0.2) is 5.13 Å². The summed E-state index contributed by atoms with van der Waals surface area (Å²) in [4.78, 5) is 20.4. The van der Waals surface area contributed by atoms with E-state index >= 15 is 0 Å². The first-order valence-corrected chi connectivity index (χ1v) is 9.28. The molecule has 116 valence electrons. The van der Waals surface area contributed by atoms with Crippen LogP contribution in [-0.4, -0.2) is 47.9 Å². The fourth-order valence-electron chi connectivity index (χ4n) is 2.06. The highest BCUT2D eigenvalue weighted by atomic mass is 32.2. The second-order valence-electron chi connectivity index (χ2n) is 5.05. The lowest BCUT2D eigenvalue weighted by Gasteiger charge is -2.35. The van der Waals surface area contributed by atoms with Crippen molar-refractivity contribution in [2.24, 2.45) is 5.92 Å². The van der Waals surface area contributed by atoms with Crippen LogP contribution in [-0.2, 0) is 14.8 Å². The number of anilines is 1. The number of amides is 1. The van der Waals surface area contributed by atoms with E-state index in [2.05, 4.69) is 15.3 Å². The molecule has 1 aliphatic heterocycles. The molecule has 7 nitrogen and oxygen atoms in total. The van der Waals surface area contributed by atoms with E-state index in [0.717, 1.165) is 17.5 Å². The summed E-state index contributed by atoms with van der Waals surface area (Å²) in [6.45, 7) is 0.455. The molecular weight excluding hydrogens is 324 g/mol. The molecule has 0 radical (unpaired) electrons. The van der Waals surface area contributed by atoms with Gasteiger partial charge in [0.25, 0.3) is 0 Å². The molecule has 3 rings (SSSR count). The Kier molecular flexibility index (Phi) is 3.94. The molecule has 2 aromatic rings. The molecule has 1 saturated heterocycles. The van der Waals surface area contributed by atoms with E-state index in [1.54, 1.807) is 12.4 Å². The lowest BCUT2D eigenvalue weighted by molar-refractivity contribution is -0.122. The van der Waals surface area contributed by atoms with Crippen molar-refractivity contribution in [2.75, 3.05) is 24.7 Å². The number of sulfonamides is 1. The number of nitrogens with zero attached hydrogens (tertiary/aromatic N) is 3. The summed E-state index contributed by atoms with van der Waals surface area (Å²) in [5.74, 6) is -0.521. The average Bonchev–Trinajstić information content (AvgIpc) is 2.84. The Morgan fingerprint density at radius 3 is 2.86 bits per heavy atom. The molecule has 22 heavy (non-hydrogen) atoms. The molecule has 0 aliphatic carbocycles. The standard InChI is InChI=1S/C13H14N4O3S2/c1-22(19,20)17-6-10(7-17)12(18)16-13-15-11(8-21-13)9-3-2-4-14-5-9/h2-5,8,10H,6-7H2,1H3,(H,15,16,18). The third-order valence-corrected chi connectivity index (χ3v) is 5.37. The van der Waals surface area contributed by atoms with Gasteiger partial charge >= 0.3 is 0 Å². The summed E-state index contributed by atoms with van der Waals surface area (Å²) in [6.07, 6.45) is 4.53. The molecule has 3 heterocycles. The molecule has 0 saturated carbocycles. The van der Waals surface area contributed by atoms with Gasteiger partial charge in [-0.3, -0.25) is 9.78 Å². The Labute approximate surface area is 132 Å². The van der Waals surface area contributed by atoms with Crippen LogP contribution >= 0.6 is 11.3 Å². The number of nitrogens with one attached hydrogen (secondary N) is 1. The fourth-order valence-corrected chi connectivity index (χ4v) is 3.68. The quantitative estimate of drug-likeness (QED) is 0.899. The summed E-state index contributed by atoms with van der Waals surface area (Å²) in [5.41, 5.74) is 1.63. The molecule has 0 unspecified atom stereocenters. The highest BCUT2D eigenvalue weighted by Crippen LogP contribution is 2.26. The summed E-state index contributed by atoms with van der Waals surface area (Å²) in [5, 5.41) is 5.08. The lowest BCUT2D eigenvalue weighted by Crippen LogP contribution is -2.53. The number of carbonyl (C=O) groups is 1. The van der Waals surface area contributed by atoms with Crippen molar-refractivity contribution < 1.29 is 13.2 Å². The van der Waals surface area contributed by atoms with E-state index in [4.69, 9.17) is 0 Å². The van der Waals surface area contributed by atoms with Gasteiger partial charge in [-0.2, -0.15) is 0 Å². The number of rotatable bonds is 4. The van der Waals surface area contributed by atoms with Crippen LogP contribution in [0.3, 0.4) is 0 Å². The first kappa shape index (κ1) is 15.1. The predicted octanol–water partition coefficient (Wildman–Crippen LogP) is 1.03. The molecular formula is C13H14N4O3S2. The zero-order valence-electron chi connectivity index (χ0n) is 11.8. The van der Waals surface area contributed by atoms with Crippen molar-refractivity contribution in [3.05, 3.63) is 29.9 Å². The Morgan fingerprint density at radius 2 is 2.23 bits per heavy atom. The maximum absolute atomic E-state index is 12.0. The lowest BCUT2D eigenvalue weighted by atomic mass is 10.0. The van der Waals surface area contributed by atoms with Crippen LogP contribution in [0.2, 0.25) is 0 Å². The third kappa shape index (κ3) is 3.16. The molecule has 0 atom stereocenters.